The van der Waals surface area contributed by atoms with E-state index in [1.807, 2.05) is 31.5 Å². The van der Waals surface area contributed by atoms with E-state index in [4.69, 9.17) is 5.11 Å². The normalized spacial score (nSPS) is 19.0. The Morgan fingerprint density at radius 1 is 1.65 bits per heavy atom. The van der Waals surface area contributed by atoms with Crippen LogP contribution in [-0.4, -0.2) is 32.4 Å². The van der Waals surface area contributed by atoms with Gasteiger partial charge < -0.3 is 5.11 Å². The van der Waals surface area contributed by atoms with Crippen LogP contribution in [0.3, 0.4) is 0 Å². The maximum absolute atomic E-state index is 11.1. The lowest BCUT2D eigenvalue weighted by Crippen LogP contribution is -2.46. The molecule has 1 aliphatic rings. The van der Waals surface area contributed by atoms with Crippen LogP contribution in [0.1, 0.15) is 31.2 Å². The largest absolute Gasteiger partial charge is 0.480 e. The summed E-state index contributed by atoms with van der Waals surface area (Å²) in [6.45, 7) is 6.67. The van der Waals surface area contributed by atoms with Gasteiger partial charge in [0.25, 0.3) is 0 Å². The van der Waals surface area contributed by atoms with Gasteiger partial charge in [0.05, 0.1) is 12.2 Å². The molecule has 0 radical (unpaired) electrons. The highest BCUT2D eigenvalue weighted by molar-refractivity contribution is 5.82. The third-order valence-corrected chi connectivity index (χ3v) is 3.23. The van der Waals surface area contributed by atoms with Crippen LogP contribution in [0.2, 0.25) is 0 Å². The first-order valence-corrected chi connectivity index (χ1v) is 5.95. The molecule has 1 aromatic rings. The smallest absolute Gasteiger partial charge is 0.323 e. The number of hydrogen-bond donors (Lipinski definition) is 2. The molecule has 0 saturated heterocycles. The van der Waals surface area contributed by atoms with Crippen LogP contribution in [0, 0.1) is 13.8 Å². The summed E-state index contributed by atoms with van der Waals surface area (Å²) in [6, 6.07) is 2.13. The Morgan fingerprint density at radius 2 is 2.29 bits per heavy atom. The van der Waals surface area contributed by atoms with Crippen molar-refractivity contribution < 1.29 is 9.90 Å². The van der Waals surface area contributed by atoms with Crippen molar-refractivity contribution in [2.75, 3.05) is 0 Å². The molecule has 1 aliphatic carbocycles. The van der Waals surface area contributed by atoms with Gasteiger partial charge in [-0.3, -0.25) is 14.8 Å². The third kappa shape index (κ3) is 2.49. The number of carboxylic acids is 1. The SMILES string of the molecule is Cc1cc(C)n(C[C@H](C)NC2(C(=O)O)CC2)n1. The molecule has 2 rings (SSSR count). The zero-order chi connectivity index (χ0) is 12.6. The molecule has 1 saturated carbocycles. The van der Waals surface area contributed by atoms with E-state index in [2.05, 4.69) is 10.4 Å². The van der Waals surface area contributed by atoms with Gasteiger partial charge in [-0.15, -0.1) is 0 Å². The van der Waals surface area contributed by atoms with Crippen molar-refractivity contribution in [3.63, 3.8) is 0 Å². The third-order valence-electron chi connectivity index (χ3n) is 3.23. The van der Waals surface area contributed by atoms with Gasteiger partial charge in [0, 0.05) is 11.7 Å². The molecule has 0 bridgehead atoms. The van der Waals surface area contributed by atoms with E-state index in [9.17, 15) is 4.79 Å². The van der Waals surface area contributed by atoms with Gasteiger partial charge >= 0.3 is 5.97 Å². The summed E-state index contributed by atoms with van der Waals surface area (Å²) >= 11 is 0. The second-order valence-electron chi connectivity index (χ2n) is 5.04. The first-order chi connectivity index (χ1) is 7.93. The summed E-state index contributed by atoms with van der Waals surface area (Å²) in [5.41, 5.74) is 1.43. The number of hydrogen-bond acceptors (Lipinski definition) is 3. The number of aryl methyl sites for hydroxylation is 2. The molecule has 0 amide bonds. The number of nitrogens with zero attached hydrogens (tertiary/aromatic N) is 2. The summed E-state index contributed by atoms with van der Waals surface area (Å²) in [5, 5.41) is 16.7. The zero-order valence-corrected chi connectivity index (χ0v) is 10.5. The van der Waals surface area contributed by atoms with Gasteiger partial charge in [-0.2, -0.15) is 5.10 Å². The van der Waals surface area contributed by atoms with Crippen LogP contribution >= 0.6 is 0 Å². The topological polar surface area (TPSA) is 67.2 Å². The summed E-state index contributed by atoms with van der Waals surface area (Å²) in [4.78, 5) is 11.1. The number of aliphatic carboxylic acids is 1. The maximum atomic E-state index is 11.1. The Labute approximate surface area is 101 Å². The number of nitrogens with one attached hydrogen (secondary N) is 1. The first kappa shape index (κ1) is 12.1. The van der Waals surface area contributed by atoms with E-state index < -0.39 is 11.5 Å². The monoisotopic (exact) mass is 237 g/mol. The van der Waals surface area contributed by atoms with E-state index in [0.717, 1.165) is 24.2 Å². The lowest BCUT2D eigenvalue weighted by molar-refractivity contribution is -0.141. The number of carboxylic acid groups (broad SMARTS) is 1. The minimum atomic E-state index is -0.738. The lowest BCUT2D eigenvalue weighted by Gasteiger charge is -2.20. The van der Waals surface area contributed by atoms with E-state index in [-0.39, 0.29) is 6.04 Å². The highest BCUT2D eigenvalue weighted by atomic mass is 16.4. The second kappa shape index (κ2) is 4.14. The van der Waals surface area contributed by atoms with Crippen molar-refractivity contribution in [1.82, 2.24) is 15.1 Å². The summed E-state index contributed by atoms with van der Waals surface area (Å²) in [6.07, 6.45) is 1.45. The maximum Gasteiger partial charge on any atom is 0.323 e. The van der Waals surface area contributed by atoms with E-state index in [1.165, 1.54) is 0 Å². The van der Waals surface area contributed by atoms with Gasteiger partial charge in [0.15, 0.2) is 0 Å². The number of carbonyl (C=O) groups is 1. The highest BCUT2D eigenvalue weighted by Crippen LogP contribution is 2.36. The second-order valence-corrected chi connectivity index (χ2v) is 5.04. The molecule has 1 atom stereocenters. The minimum Gasteiger partial charge on any atom is -0.480 e. The molecular weight excluding hydrogens is 218 g/mol. The molecular formula is C12H19N3O2. The predicted molar refractivity (Wildman–Crippen MR) is 63.9 cm³/mol. The number of rotatable bonds is 5. The Morgan fingerprint density at radius 3 is 2.71 bits per heavy atom. The van der Waals surface area contributed by atoms with E-state index in [1.54, 1.807) is 0 Å². The average molecular weight is 237 g/mol. The predicted octanol–water partition coefficient (Wildman–Crippen LogP) is 1.10. The molecule has 0 spiro atoms. The fourth-order valence-electron chi connectivity index (χ4n) is 2.18. The van der Waals surface area contributed by atoms with Crippen LogP contribution < -0.4 is 5.32 Å². The molecule has 1 fully saturated rings. The first-order valence-electron chi connectivity index (χ1n) is 5.95. The quantitative estimate of drug-likeness (QED) is 0.804. The van der Waals surface area contributed by atoms with Crippen molar-refractivity contribution >= 4 is 5.97 Å². The Balaban J connectivity index is 1.96. The summed E-state index contributed by atoms with van der Waals surface area (Å²) < 4.78 is 1.92. The van der Waals surface area contributed by atoms with E-state index in [0.29, 0.717) is 6.54 Å². The standard InChI is InChI=1S/C12H19N3O2/c1-8-6-10(3)15(14-8)7-9(2)13-12(4-5-12)11(16)17/h6,9,13H,4-5,7H2,1-3H3,(H,16,17)/t9-/m0/s1. The fourth-order valence-corrected chi connectivity index (χ4v) is 2.18. The van der Waals surface area contributed by atoms with Crippen LogP contribution in [-0.2, 0) is 11.3 Å². The molecule has 94 valence electrons. The zero-order valence-electron chi connectivity index (χ0n) is 10.5. The highest BCUT2D eigenvalue weighted by Gasteiger charge is 2.50. The molecule has 0 aliphatic heterocycles. The van der Waals surface area contributed by atoms with Crippen molar-refractivity contribution in [1.29, 1.82) is 0 Å². The van der Waals surface area contributed by atoms with Crippen molar-refractivity contribution in [3.8, 4) is 0 Å². The minimum absolute atomic E-state index is 0.103. The van der Waals surface area contributed by atoms with Crippen molar-refractivity contribution in [3.05, 3.63) is 17.5 Å². The Bertz CT molecular complexity index is 435. The van der Waals surface area contributed by atoms with Crippen LogP contribution in [0.5, 0.6) is 0 Å². The van der Waals surface area contributed by atoms with E-state index >= 15 is 0 Å². The van der Waals surface area contributed by atoms with Gasteiger partial charge in [-0.05, 0) is 39.7 Å². The van der Waals surface area contributed by atoms with Gasteiger partial charge in [0.2, 0.25) is 0 Å². The number of aromatic nitrogens is 2. The van der Waals surface area contributed by atoms with Gasteiger partial charge in [-0.25, -0.2) is 0 Å². The molecule has 1 heterocycles. The average Bonchev–Trinajstić information content (AvgIpc) is 2.90. The fraction of sp³-hybridized carbons (Fsp3) is 0.667. The molecule has 5 nitrogen and oxygen atoms in total. The lowest BCUT2D eigenvalue weighted by atomic mass is 10.2. The molecule has 17 heavy (non-hydrogen) atoms. The van der Waals surface area contributed by atoms with Gasteiger partial charge in [0.1, 0.15) is 5.54 Å². The Hall–Kier alpha value is -1.36. The Kier molecular flexibility index (Phi) is 2.95. The summed E-state index contributed by atoms with van der Waals surface area (Å²) in [5.74, 6) is -0.738. The van der Waals surface area contributed by atoms with Crippen molar-refractivity contribution in [2.24, 2.45) is 0 Å². The van der Waals surface area contributed by atoms with Crippen LogP contribution in [0.25, 0.3) is 0 Å². The van der Waals surface area contributed by atoms with Crippen LogP contribution in [0.4, 0.5) is 0 Å². The molecule has 5 heteroatoms. The molecule has 0 unspecified atom stereocenters. The molecule has 2 N–H and O–H groups in total. The molecule has 0 aromatic carbocycles. The molecule has 1 aromatic heterocycles. The van der Waals surface area contributed by atoms with Crippen LogP contribution in [0.15, 0.2) is 6.07 Å². The van der Waals surface area contributed by atoms with Gasteiger partial charge in [-0.1, -0.05) is 0 Å². The summed E-state index contributed by atoms with van der Waals surface area (Å²) in [7, 11) is 0. The van der Waals surface area contributed by atoms with Crippen molar-refractivity contribution in [2.45, 2.75) is 51.7 Å².